The van der Waals surface area contributed by atoms with Crippen LogP contribution in [0.4, 0.5) is 17.5 Å². The van der Waals surface area contributed by atoms with Gasteiger partial charge in [0.2, 0.25) is 5.95 Å². The summed E-state index contributed by atoms with van der Waals surface area (Å²) >= 11 is 0. The van der Waals surface area contributed by atoms with Gasteiger partial charge in [0.05, 0.1) is 19.3 Å². The zero-order chi connectivity index (χ0) is 20.5. The van der Waals surface area contributed by atoms with Crippen molar-refractivity contribution < 1.29 is 9.53 Å². The average molecular weight is 396 g/mol. The molecule has 0 radical (unpaired) electrons. The molecule has 7 heteroatoms. The fourth-order valence-electron chi connectivity index (χ4n) is 3.80. The zero-order valence-electron chi connectivity index (χ0n) is 17.6. The van der Waals surface area contributed by atoms with Gasteiger partial charge in [0.1, 0.15) is 11.5 Å². The summed E-state index contributed by atoms with van der Waals surface area (Å²) in [5.41, 5.74) is 3.63. The van der Waals surface area contributed by atoms with Crippen molar-refractivity contribution in [2.45, 2.75) is 46.3 Å². The Morgan fingerprint density at radius 2 is 2.00 bits per heavy atom. The standard InChI is InChI=1S/C22H29N5O2/c1-5-26-13-18-19(21(26)28)24-22(27-10-11-29-15(4)12-27)25-20(18)23-17-8-6-16(7-9-17)14(2)3/h6-9,14-15H,5,10-13H2,1-4H3,(H,23,24,25)/t15-/m1/s1. The Labute approximate surface area is 172 Å². The van der Waals surface area contributed by atoms with Crippen molar-refractivity contribution >= 4 is 23.4 Å². The Morgan fingerprint density at radius 3 is 2.66 bits per heavy atom. The number of nitrogens with zero attached hydrogens (tertiary/aromatic N) is 4. The highest BCUT2D eigenvalue weighted by Crippen LogP contribution is 2.31. The molecular weight excluding hydrogens is 366 g/mol. The van der Waals surface area contributed by atoms with Crippen molar-refractivity contribution in [1.29, 1.82) is 0 Å². The minimum absolute atomic E-state index is 0.0225. The maximum Gasteiger partial charge on any atom is 0.273 e. The van der Waals surface area contributed by atoms with Crippen molar-refractivity contribution in [1.82, 2.24) is 14.9 Å². The molecule has 1 amide bonds. The first kappa shape index (κ1) is 19.6. The predicted octanol–water partition coefficient (Wildman–Crippen LogP) is 3.54. The first-order chi connectivity index (χ1) is 14.0. The van der Waals surface area contributed by atoms with E-state index >= 15 is 0 Å². The Balaban J connectivity index is 1.70. The zero-order valence-corrected chi connectivity index (χ0v) is 17.6. The van der Waals surface area contributed by atoms with E-state index in [4.69, 9.17) is 9.72 Å². The van der Waals surface area contributed by atoms with Crippen molar-refractivity contribution in [3.05, 3.63) is 41.1 Å². The normalized spacial score (nSPS) is 19.1. The van der Waals surface area contributed by atoms with E-state index in [-0.39, 0.29) is 12.0 Å². The molecule has 0 saturated carbocycles. The first-order valence-electron chi connectivity index (χ1n) is 10.4. The summed E-state index contributed by atoms with van der Waals surface area (Å²) < 4.78 is 5.65. The third-order valence-electron chi connectivity index (χ3n) is 5.58. The lowest BCUT2D eigenvalue weighted by atomic mass is 10.0. The molecule has 4 rings (SSSR count). The second kappa shape index (κ2) is 7.99. The van der Waals surface area contributed by atoms with E-state index in [1.165, 1.54) is 5.56 Å². The Hall–Kier alpha value is -2.67. The Morgan fingerprint density at radius 1 is 1.24 bits per heavy atom. The van der Waals surface area contributed by atoms with E-state index in [1.54, 1.807) is 4.90 Å². The van der Waals surface area contributed by atoms with Crippen LogP contribution in [0.1, 0.15) is 55.2 Å². The molecule has 7 nitrogen and oxygen atoms in total. The fourth-order valence-corrected chi connectivity index (χ4v) is 3.80. The molecule has 1 N–H and O–H groups in total. The first-order valence-corrected chi connectivity index (χ1v) is 10.4. The topological polar surface area (TPSA) is 70.6 Å². The van der Waals surface area contributed by atoms with Crippen LogP contribution < -0.4 is 10.2 Å². The molecule has 0 bridgehead atoms. The number of morpholine rings is 1. The third kappa shape index (κ3) is 3.92. The number of rotatable bonds is 5. The molecule has 0 unspecified atom stereocenters. The van der Waals surface area contributed by atoms with Crippen LogP contribution in [0.2, 0.25) is 0 Å². The van der Waals surface area contributed by atoms with Crippen molar-refractivity contribution in [2.75, 3.05) is 36.5 Å². The van der Waals surface area contributed by atoms with E-state index in [1.807, 2.05) is 13.8 Å². The molecule has 154 valence electrons. The molecule has 1 aromatic heterocycles. The maximum atomic E-state index is 12.8. The number of aromatic nitrogens is 2. The van der Waals surface area contributed by atoms with Crippen LogP contribution in [0.3, 0.4) is 0 Å². The van der Waals surface area contributed by atoms with Gasteiger partial charge in [-0.15, -0.1) is 0 Å². The van der Waals surface area contributed by atoms with E-state index in [0.29, 0.717) is 49.6 Å². The minimum atomic E-state index is -0.0225. The van der Waals surface area contributed by atoms with Crippen molar-refractivity contribution in [2.24, 2.45) is 0 Å². The summed E-state index contributed by atoms with van der Waals surface area (Å²) in [7, 11) is 0. The van der Waals surface area contributed by atoms with Gasteiger partial charge in [-0.05, 0) is 37.5 Å². The molecule has 0 aliphatic carbocycles. The molecule has 1 saturated heterocycles. The van der Waals surface area contributed by atoms with Crippen LogP contribution in [0.25, 0.3) is 0 Å². The highest BCUT2D eigenvalue weighted by atomic mass is 16.5. The number of ether oxygens (including phenoxy) is 1. The van der Waals surface area contributed by atoms with Crippen LogP contribution in [0, 0.1) is 0 Å². The van der Waals surface area contributed by atoms with Gasteiger partial charge in [0, 0.05) is 30.9 Å². The number of carbonyl (C=O) groups is 1. The van der Waals surface area contributed by atoms with Crippen LogP contribution >= 0.6 is 0 Å². The average Bonchev–Trinajstić information content (AvgIpc) is 3.04. The lowest BCUT2D eigenvalue weighted by molar-refractivity contribution is 0.0526. The van der Waals surface area contributed by atoms with Crippen LogP contribution in [0.5, 0.6) is 0 Å². The molecule has 1 aromatic carbocycles. The van der Waals surface area contributed by atoms with Gasteiger partial charge in [-0.2, -0.15) is 4.98 Å². The number of hydrogen-bond donors (Lipinski definition) is 1. The van der Waals surface area contributed by atoms with Crippen LogP contribution in [-0.4, -0.2) is 53.1 Å². The smallest absolute Gasteiger partial charge is 0.273 e. The number of amides is 1. The van der Waals surface area contributed by atoms with Gasteiger partial charge >= 0.3 is 0 Å². The van der Waals surface area contributed by atoms with Gasteiger partial charge in [-0.1, -0.05) is 26.0 Å². The fraction of sp³-hybridized carbons (Fsp3) is 0.500. The monoisotopic (exact) mass is 395 g/mol. The van der Waals surface area contributed by atoms with E-state index in [0.717, 1.165) is 17.8 Å². The molecule has 2 aliphatic rings. The molecule has 1 fully saturated rings. The largest absolute Gasteiger partial charge is 0.375 e. The molecule has 2 aliphatic heterocycles. The SMILES string of the molecule is CCN1Cc2c(Nc3ccc(C(C)C)cc3)nc(N3CCO[C@H](C)C3)nc2C1=O. The van der Waals surface area contributed by atoms with E-state index in [2.05, 4.69) is 53.3 Å². The van der Waals surface area contributed by atoms with Crippen molar-refractivity contribution in [3.8, 4) is 0 Å². The Kier molecular flexibility index (Phi) is 5.41. The number of benzene rings is 1. The molecular formula is C22H29N5O2. The van der Waals surface area contributed by atoms with Crippen molar-refractivity contribution in [3.63, 3.8) is 0 Å². The van der Waals surface area contributed by atoms with Crippen LogP contribution in [-0.2, 0) is 11.3 Å². The number of anilines is 3. The number of nitrogens with one attached hydrogen (secondary N) is 1. The van der Waals surface area contributed by atoms with Gasteiger partial charge in [0.25, 0.3) is 5.91 Å². The van der Waals surface area contributed by atoms with Gasteiger partial charge in [-0.3, -0.25) is 4.79 Å². The second-order valence-electron chi connectivity index (χ2n) is 8.05. The number of hydrogen-bond acceptors (Lipinski definition) is 6. The van der Waals surface area contributed by atoms with Gasteiger partial charge in [0.15, 0.2) is 0 Å². The van der Waals surface area contributed by atoms with Gasteiger partial charge in [-0.25, -0.2) is 4.98 Å². The summed E-state index contributed by atoms with van der Waals surface area (Å²) in [6, 6.07) is 8.38. The predicted molar refractivity (Wildman–Crippen MR) is 114 cm³/mol. The maximum absolute atomic E-state index is 12.8. The molecule has 2 aromatic rings. The molecule has 29 heavy (non-hydrogen) atoms. The molecule has 1 atom stereocenters. The second-order valence-corrected chi connectivity index (χ2v) is 8.05. The lowest BCUT2D eigenvalue weighted by Crippen LogP contribution is -2.42. The number of fused-ring (bicyclic) bond motifs is 1. The summed E-state index contributed by atoms with van der Waals surface area (Å²) in [5, 5.41) is 3.44. The molecule has 0 spiro atoms. The minimum Gasteiger partial charge on any atom is -0.375 e. The quantitative estimate of drug-likeness (QED) is 0.835. The molecule has 3 heterocycles. The third-order valence-corrected chi connectivity index (χ3v) is 5.58. The Bertz CT molecular complexity index is 897. The van der Waals surface area contributed by atoms with Crippen LogP contribution in [0.15, 0.2) is 24.3 Å². The van der Waals surface area contributed by atoms with Gasteiger partial charge < -0.3 is 19.9 Å². The summed E-state index contributed by atoms with van der Waals surface area (Å²) in [6.07, 6.45) is 0.114. The van der Waals surface area contributed by atoms with E-state index in [9.17, 15) is 4.79 Å². The lowest BCUT2D eigenvalue weighted by Gasteiger charge is -2.31. The van der Waals surface area contributed by atoms with E-state index < -0.39 is 0 Å². The highest BCUT2D eigenvalue weighted by molar-refractivity contribution is 5.98. The summed E-state index contributed by atoms with van der Waals surface area (Å²) in [4.78, 5) is 26.2. The number of carbonyl (C=O) groups excluding carboxylic acids is 1. The summed E-state index contributed by atoms with van der Waals surface area (Å²) in [5.74, 6) is 1.76. The highest BCUT2D eigenvalue weighted by Gasteiger charge is 2.33. The summed E-state index contributed by atoms with van der Waals surface area (Å²) in [6.45, 7) is 11.7.